The highest BCUT2D eigenvalue weighted by atomic mass is 32.2. The van der Waals surface area contributed by atoms with Crippen LogP contribution in [0, 0.1) is 5.92 Å². The van der Waals surface area contributed by atoms with Gasteiger partial charge in [0.25, 0.3) is 0 Å². The first-order valence-electron chi connectivity index (χ1n) is 10.9. The van der Waals surface area contributed by atoms with Crippen LogP contribution >= 0.6 is 0 Å². The van der Waals surface area contributed by atoms with Crippen LogP contribution in [0.25, 0.3) is 0 Å². The predicted molar refractivity (Wildman–Crippen MR) is 122 cm³/mol. The van der Waals surface area contributed by atoms with E-state index >= 15 is 0 Å². The van der Waals surface area contributed by atoms with Crippen LogP contribution in [0.3, 0.4) is 0 Å². The summed E-state index contributed by atoms with van der Waals surface area (Å²) in [5.74, 6) is 0.0476. The molecule has 0 aliphatic carbocycles. The molecule has 2 aromatic carbocycles. The highest BCUT2D eigenvalue weighted by molar-refractivity contribution is 7.87. The minimum atomic E-state index is -4.70. The van der Waals surface area contributed by atoms with E-state index in [4.69, 9.17) is 8.92 Å². The Morgan fingerprint density at radius 2 is 1.74 bits per heavy atom. The number of carbonyl (C=O) groups excluding carboxylic acids is 1. The zero-order valence-corrected chi connectivity index (χ0v) is 20.7. The van der Waals surface area contributed by atoms with Gasteiger partial charge in [-0.3, -0.25) is 4.79 Å². The van der Waals surface area contributed by atoms with Crippen LogP contribution in [0.2, 0.25) is 0 Å². The third kappa shape index (κ3) is 7.12. The molecule has 1 atom stereocenters. The van der Waals surface area contributed by atoms with Gasteiger partial charge in [-0.2, -0.15) is 21.6 Å². The van der Waals surface area contributed by atoms with Gasteiger partial charge >= 0.3 is 16.3 Å². The van der Waals surface area contributed by atoms with Crippen molar-refractivity contribution in [1.82, 2.24) is 4.90 Å². The lowest BCUT2D eigenvalue weighted by atomic mass is 10.1. The van der Waals surface area contributed by atoms with E-state index in [1.165, 1.54) is 19.2 Å². The fourth-order valence-corrected chi connectivity index (χ4v) is 4.23. The van der Waals surface area contributed by atoms with Crippen LogP contribution < -0.4 is 8.92 Å². The molecule has 0 saturated heterocycles. The fourth-order valence-electron chi connectivity index (χ4n) is 3.25. The molecule has 0 N–H and O–H groups in total. The molecule has 0 aliphatic rings. The lowest BCUT2D eigenvalue weighted by molar-refractivity contribution is -0.138. The van der Waals surface area contributed by atoms with Crippen molar-refractivity contribution in [1.29, 1.82) is 0 Å². The van der Waals surface area contributed by atoms with Gasteiger partial charge in [0.1, 0.15) is 4.90 Å². The molecule has 2 aromatic rings. The second-order valence-corrected chi connectivity index (χ2v) is 9.97. The van der Waals surface area contributed by atoms with Gasteiger partial charge in [-0.25, -0.2) is 0 Å². The van der Waals surface area contributed by atoms with Gasteiger partial charge < -0.3 is 13.8 Å². The van der Waals surface area contributed by atoms with Gasteiger partial charge in [0, 0.05) is 19.0 Å². The predicted octanol–water partition coefficient (Wildman–Crippen LogP) is 5.65. The molecule has 6 nitrogen and oxygen atoms in total. The zero-order valence-electron chi connectivity index (χ0n) is 19.8. The Morgan fingerprint density at radius 3 is 2.29 bits per heavy atom. The number of nitrogens with zero attached hydrogens (tertiary/aromatic N) is 1. The Labute approximate surface area is 198 Å². The molecular weight excluding hydrogens is 471 g/mol. The van der Waals surface area contributed by atoms with Gasteiger partial charge in [0.2, 0.25) is 5.91 Å². The Hall–Kier alpha value is -2.75. The summed E-state index contributed by atoms with van der Waals surface area (Å²) < 4.78 is 75.0. The van der Waals surface area contributed by atoms with Gasteiger partial charge in [-0.05, 0) is 55.2 Å². The number of hydrogen-bond acceptors (Lipinski definition) is 5. The molecular formula is C24H30F3NO5S. The molecule has 0 bridgehead atoms. The largest absolute Gasteiger partial charge is 0.493 e. The van der Waals surface area contributed by atoms with Crippen molar-refractivity contribution in [3.05, 3.63) is 53.6 Å². The maximum absolute atomic E-state index is 13.0. The third-order valence-corrected chi connectivity index (χ3v) is 6.49. The van der Waals surface area contributed by atoms with Crippen molar-refractivity contribution < 1.29 is 35.3 Å². The molecule has 0 fully saturated rings. The molecule has 188 valence electrons. The average Bonchev–Trinajstić information content (AvgIpc) is 2.76. The molecule has 0 aromatic heterocycles. The quantitative estimate of drug-likeness (QED) is 0.393. The minimum Gasteiger partial charge on any atom is -0.493 e. The molecule has 2 rings (SSSR count). The van der Waals surface area contributed by atoms with Crippen molar-refractivity contribution in [3.63, 3.8) is 0 Å². The van der Waals surface area contributed by atoms with Crippen LogP contribution in [-0.2, 0) is 27.6 Å². The monoisotopic (exact) mass is 501 g/mol. The van der Waals surface area contributed by atoms with E-state index < -0.39 is 26.8 Å². The minimum absolute atomic E-state index is 0.0285. The molecule has 34 heavy (non-hydrogen) atoms. The van der Waals surface area contributed by atoms with Crippen molar-refractivity contribution in [2.24, 2.45) is 5.92 Å². The smallest absolute Gasteiger partial charge is 0.416 e. The van der Waals surface area contributed by atoms with Gasteiger partial charge in [-0.15, -0.1) is 0 Å². The molecule has 1 amide bonds. The van der Waals surface area contributed by atoms with Crippen LogP contribution in [-0.4, -0.2) is 32.4 Å². The van der Waals surface area contributed by atoms with Crippen LogP contribution in [0.4, 0.5) is 13.2 Å². The fraction of sp³-hybridized carbons (Fsp3) is 0.458. The van der Waals surface area contributed by atoms with Crippen LogP contribution in [0.5, 0.6) is 11.5 Å². The maximum Gasteiger partial charge on any atom is 0.416 e. The van der Waals surface area contributed by atoms with Crippen LogP contribution in [0.1, 0.15) is 51.7 Å². The highest BCUT2D eigenvalue weighted by Crippen LogP contribution is 2.34. The average molecular weight is 502 g/mol. The summed E-state index contributed by atoms with van der Waals surface area (Å²) in [6, 6.07) is 7.86. The van der Waals surface area contributed by atoms with E-state index in [0.29, 0.717) is 18.1 Å². The second-order valence-electron chi connectivity index (χ2n) is 8.43. The molecule has 0 radical (unpaired) electrons. The number of amides is 1. The lowest BCUT2D eigenvalue weighted by Crippen LogP contribution is -2.38. The number of ether oxygens (including phenoxy) is 1. The van der Waals surface area contributed by atoms with Crippen molar-refractivity contribution in [2.45, 2.75) is 64.2 Å². The summed E-state index contributed by atoms with van der Waals surface area (Å²) in [6.07, 6.45) is -3.61. The number of carbonyl (C=O) groups is 1. The normalized spacial score (nSPS) is 13.0. The summed E-state index contributed by atoms with van der Waals surface area (Å²) >= 11 is 0. The summed E-state index contributed by atoms with van der Waals surface area (Å²) in [7, 11) is -3.27. The number of hydrogen-bond donors (Lipinski definition) is 0. The summed E-state index contributed by atoms with van der Waals surface area (Å²) in [5, 5.41) is 0. The van der Waals surface area contributed by atoms with E-state index in [0.717, 1.165) is 24.6 Å². The second kappa shape index (κ2) is 11.1. The topological polar surface area (TPSA) is 72.9 Å². The Balaban J connectivity index is 2.39. The van der Waals surface area contributed by atoms with Gasteiger partial charge in [-0.1, -0.05) is 32.9 Å². The van der Waals surface area contributed by atoms with E-state index in [9.17, 15) is 26.4 Å². The Morgan fingerprint density at radius 1 is 1.06 bits per heavy atom. The lowest BCUT2D eigenvalue weighted by Gasteiger charge is -2.29. The van der Waals surface area contributed by atoms with Crippen LogP contribution in [0.15, 0.2) is 47.4 Å². The molecule has 0 unspecified atom stereocenters. The van der Waals surface area contributed by atoms with Crippen molar-refractivity contribution in [2.75, 3.05) is 7.11 Å². The first-order chi connectivity index (χ1) is 15.8. The third-order valence-electron chi connectivity index (χ3n) is 5.26. The first kappa shape index (κ1) is 27.5. The molecule has 0 saturated carbocycles. The number of rotatable bonds is 10. The van der Waals surface area contributed by atoms with E-state index in [1.807, 2.05) is 27.7 Å². The maximum atomic E-state index is 13.0. The first-order valence-corrected chi connectivity index (χ1v) is 12.3. The van der Waals surface area contributed by atoms with E-state index in [2.05, 4.69) is 0 Å². The standard InChI is InChI=1S/C24H30F3NO5S/c1-6-17(4)28(23(29)12-16(2)3)15-18-10-11-21(32-5)22(13-18)33-34(30,31)20-9-7-8-19(14-20)24(25,26)27/h7-11,13-14,16-17H,6,12,15H2,1-5H3/t17-/m1/s1. The highest BCUT2D eigenvalue weighted by Gasteiger charge is 2.32. The Kier molecular flexibility index (Phi) is 8.99. The number of benzene rings is 2. The van der Waals surface area contributed by atoms with E-state index in [-0.39, 0.29) is 35.9 Å². The molecule has 10 heteroatoms. The van der Waals surface area contributed by atoms with Gasteiger partial charge in [0.15, 0.2) is 11.5 Å². The summed E-state index contributed by atoms with van der Waals surface area (Å²) in [5.41, 5.74) is -0.516. The van der Waals surface area contributed by atoms with E-state index in [1.54, 1.807) is 11.0 Å². The molecule has 0 spiro atoms. The summed E-state index contributed by atoms with van der Waals surface area (Å²) in [6.45, 7) is 8.00. The number of methoxy groups -OCH3 is 1. The van der Waals surface area contributed by atoms with Crippen molar-refractivity contribution >= 4 is 16.0 Å². The molecule has 0 heterocycles. The summed E-state index contributed by atoms with van der Waals surface area (Å²) in [4.78, 5) is 13.9. The molecule has 0 aliphatic heterocycles. The zero-order chi connectivity index (χ0) is 25.7. The van der Waals surface area contributed by atoms with Gasteiger partial charge in [0.05, 0.1) is 12.7 Å². The van der Waals surface area contributed by atoms with Crippen molar-refractivity contribution in [3.8, 4) is 11.5 Å². The Bertz CT molecular complexity index is 1100. The SMILES string of the molecule is CC[C@@H](C)N(Cc1ccc(OC)c(OS(=O)(=O)c2cccc(C(F)(F)F)c2)c1)C(=O)CC(C)C. The number of alkyl halides is 3. The number of halogens is 3.